The standard InChI is InChI=1S/C15H25NO3/c1-5-18-11-12(2)19-15(10-16-3)13-8-6-7-9-14(13)17-4/h6-9,12,15-16H,5,10-11H2,1-4H3. The van der Waals surface area contributed by atoms with Crippen LogP contribution < -0.4 is 10.1 Å². The van der Waals surface area contributed by atoms with Gasteiger partial charge in [-0.1, -0.05) is 18.2 Å². The van der Waals surface area contributed by atoms with Crippen LogP contribution >= 0.6 is 0 Å². The van der Waals surface area contributed by atoms with Gasteiger partial charge in [0.2, 0.25) is 0 Å². The molecule has 0 saturated carbocycles. The van der Waals surface area contributed by atoms with Crippen LogP contribution in [0.15, 0.2) is 24.3 Å². The predicted molar refractivity (Wildman–Crippen MR) is 76.7 cm³/mol. The summed E-state index contributed by atoms with van der Waals surface area (Å²) >= 11 is 0. The van der Waals surface area contributed by atoms with Gasteiger partial charge in [-0.15, -0.1) is 0 Å². The molecule has 0 aliphatic heterocycles. The van der Waals surface area contributed by atoms with E-state index in [4.69, 9.17) is 14.2 Å². The van der Waals surface area contributed by atoms with E-state index in [0.29, 0.717) is 13.2 Å². The van der Waals surface area contributed by atoms with Gasteiger partial charge in [0.1, 0.15) is 5.75 Å². The maximum atomic E-state index is 6.05. The first-order valence-electron chi connectivity index (χ1n) is 6.73. The molecular weight excluding hydrogens is 242 g/mol. The SMILES string of the molecule is CCOCC(C)OC(CNC)c1ccccc1OC. The first kappa shape index (κ1) is 16.0. The van der Waals surface area contributed by atoms with Gasteiger partial charge in [0.25, 0.3) is 0 Å². The molecule has 0 aliphatic carbocycles. The van der Waals surface area contributed by atoms with Crippen LogP contribution in [0.25, 0.3) is 0 Å². The fourth-order valence-electron chi connectivity index (χ4n) is 1.95. The highest BCUT2D eigenvalue weighted by Crippen LogP contribution is 2.27. The van der Waals surface area contributed by atoms with Crippen molar-refractivity contribution in [3.05, 3.63) is 29.8 Å². The molecule has 0 saturated heterocycles. The Hall–Kier alpha value is -1.10. The van der Waals surface area contributed by atoms with Crippen LogP contribution in [-0.2, 0) is 9.47 Å². The number of benzene rings is 1. The molecule has 19 heavy (non-hydrogen) atoms. The molecule has 0 spiro atoms. The van der Waals surface area contributed by atoms with Gasteiger partial charge in [-0.25, -0.2) is 0 Å². The lowest BCUT2D eigenvalue weighted by molar-refractivity contribution is -0.0470. The summed E-state index contributed by atoms with van der Waals surface area (Å²) in [5.74, 6) is 0.853. The lowest BCUT2D eigenvalue weighted by atomic mass is 10.1. The first-order chi connectivity index (χ1) is 9.22. The Bertz CT molecular complexity index is 357. The van der Waals surface area contributed by atoms with Gasteiger partial charge in [-0.3, -0.25) is 0 Å². The van der Waals surface area contributed by atoms with Crippen LogP contribution in [0, 0.1) is 0 Å². The van der Waals surface area contributed by atoms with Crippen molar-refractivity contribution in [3.8, 4) is 5.75 Å². The highest BCUT2D eigenvalue weighted by atomic mass is 16.5. The molecule has 1 N–H and O–H groups in total. The molecule has 2 unspecified atom stereocenters. The molecule has 1 rings (SSSR count). The van der Waals surface area contributed by atoms with Gasteiger partial charge in [0.05, 0.1) is 25.9 Å². The van der Waals surface area contributed by atoms with Gasteiger partial charge in [-0.05, 0) is 27.0 Å². The van der Waals surface area contributed by atoms with Gasteiger partial charge < -0.3 is 19.5 Å². The Morgan fingerprint density at radius 3 is 2.63 bits per heavy atom. The van der Waals surface area contributed by atoms with Gasteiger partial charge in [-0.2, -0.15) is 0 Å². The van der Waals surface area contributed by atoms with Crippen molar-refractivity contribution in [3.63, 3.8) is 0 Å². The summed E-state index contributed by atoms with van der Waals surface area (Å²) < 4.78 is 16.8. The Labute approximate surface area is 116 Å². The molecule has 4 heteroatoms. The van der Waals surface area contributed by atoms with Crippen LogP contribution in [0.4, 0.5) is 0 Å². The average Bonchev–Trinajstić information content (AvgIpc) is 2.44. The lowest BCUT2D eigenvalue weighted by Gasteiger charge is -2.24. The monoisotopic (exact) mass is 267 g/mol. The highest BCUT2D eigenvalue weighted by Gasteiger charge is 2.18. The molecule has 0 aliphatic rings. The van der Waals surface area contributed by atoms with Crippen molar-refractivity contribution in [1.82, 2.24) is 5.32 Å². The van der Waals surface area contributed by atoms with E-state index in [2.05, 4.69) is 5.32 Å². The van der Waals surface area contributed by atoms with E-state index < -0.39 is 0 Å². The lowest BCUT2D eigenvalue weighted by Crippen LogP contribution is -2.26. The molecule has 1 aromatic carbocycles. The van der Waals surface area contributed by atoms with E-state index in [1.54, 1.807) is 7.11 Å². The van der Waals surface area contributed by atoms with Crippen LogP contribution in [-0.4, -0.2) is 40.0 Å². The maximum Gasteiger partial charge on any atom is 0.124 e. The van der Waals surface area contributed by atoms with Crippen LogP contribution in [0.5, 0.6) is 5.75 Å². The van der Waals surface area contributed by atoms with E-state index in [9.17, 15) is 0 Å². The minimum Gasteiger partial charge on any atom is -0.496 e. The number of nitrogens with one attached hydrogen (secondary N) is 1. The molecule has 0 aromatic heterocycles. The van der Waals surface area contributed by atoms with Gasteiger partial charge in [0.15, 0.2) is 0 Å². The summed E-state index contributed by atoms with van der Waals surface area (Å²) in [7, 11) is 3.60. The summed E-state index contributed by atoms with van der Waals surface area (Å²) in [5.41, 5.74) is 1.06. The second kappa shape index (κ2) is 8.91. The summed E-state index contributed by atoms with van der Waals surface area (Å²) in [6.07, 6.45) is -0.000168. The van der Waals surface area contributed by atoms with Crippen LogP contribution in [0.2, 0.25) is 0 Å². The molecule has 0 heterocycles. The van der Waals surface area contributed by atoms with Crippen molar-refractivity contribution in [2.45, 2.75) is 26.1 Å². The van der Waals surface area contributed by atoms with Crippen molar-refractivity contribution in [1.29, 1.82) is 0 Å². The zero-order valence-electron chi connectivity index (χ0n) is 12.3. The summed E-state index contributed by atoms with van der Waals surface area (Å²) in [5, 5.41) is 3.16. The fourth-order valence-corrected chi connectivity index (χ4v) is 1.95. The average molecular weight is 267 g/mol. The molecule has 2 atom stereocenters. The molecule has 0 fully saturated rings. The number of hydrogen-bond acceptors (Lipinski definition) is 4. The minimum atomic E-state index is -0.0448. The van der Waals surface area contributed by atoms with Crippen molar-refractivity contribution < 1.29 is 14.2 Å². The molecule has 108 valence electrons. The van der Waals surface area contributed by atoms with Crippen molar-refractivity contribution in [2.24, 2.45) is 0 Å². The zero-order valence-corrected chi connectivity index (χ0v) is 12.3. The largest absolute Gasteiger partial charge is 0.496 e. The van der Waals surface area contributed by atoms with Crippen molar-refractivity contribution in [2.75, 3.05) is 33.9 Å². The maximum absolute atomic E-state index is 6.05. The summed E-state index contributed by atoms with van der Waals surface area (Å²) in [4.78, 5) is 0. The van der Waals surface area contributed by atoms with Gasteiger partial charge >= 0.3 is 0 Å². The number of methoxy groups -OCH3 is 1. The van der Waals surface area contributed by atoms with E-state index >= 15 is 0 Å². The number of para-hydroxylation sites is 1. The Morgan fingerprint density at radius 2 is 2.00 bits per heavy atom. The van der Waals surface area contributed by atoms with Crippen LogP contribution in [0.1, 0.15) is 25.5 Å². The van der Waals surface area contributed by atoms with Crippen LogP contribution in [0.3, 0.4) is 0 Å². The van der Waals surface area contributed by atoms with E-state index in [0.717, 1.165) is 17.9 Å². The summed E-state index contributed by atoms with van der Waals surface area (Å²) in [6.45, 7) is 6.05. The third-order valence-corrected chi connectivity index (χ3v) is 2.83. The predicted octanol–water partition coefficient (Wildman–Crippen LogP) is 2.40. The molecule has 0 bridgehead atoms. The second-order valence-corrected chi connectivity index (χ2v) is 4.39. The second-order valence-electron chi connectivity index (χ2n) is 4.39. The van der Waals surface area contributed by atoms with Gasteiger partial charge in [0, 0.05) is 18.7 Å². The third kappa shape index (κ3) is 5.19. The number of hydrogen-bond donors (Lipinski definition) is 1. The van der Waals surface area contributed by atoms with E-state index in [1.165, 1.54) is 0 Å². The number of likely N-dealkylation sites (N-methyl/N-ethyl adjacent to an activating group) is 1. The molecule has 4 nitrogen and oxygen atoms in total. The highest BCUT2D eigenvalue weighted by molar-refractivity contribution is 5.35. The Kier molecular flexibility index (Phi) is 7.48. The Morgan fingerprint density at radius 1 is 1.26 bits per heavy atom. The third-order valence-electron chi connectivity index (χ3n) is 2.83. The van der Waals surface area contributed by atoms with Crippen molar-refractivity contribution >= 4 is 0 Å². The van der Waals surface area contributed by atoms with E-state index in [-0.39, 0.29) is 12.2 Å². The number of rotatable bonds is 9. The molecule has 0 radical (unpaired) electrons. The topological polar surface area (TPSA) is 39.7 Å². The normalized spacial score (nSPS) is 14.1. The number of ether oxygens (including phenoxy) is 3. The smallest absolute Gasteiger partial charge is 0.124 e. The first-order valence-corrected chi connectivity index (χ1v) is 6.73. The quantitative estimate of drug-likeness (QED) is 0.746. The zero-order chi connectivity index (χ0) is 14.1. The molecular formula is C15H25NO3. The Balaban J connectivity index is 2.75. The molecule has 1 aromatic rings. The summed E-state index contributed by atoms with van der Waals surface area (Å²) in [6, 6.07) is 7.95. The van der Waals surface area contributed by atoms with E-state index in [1.807, 2.05) is 45.2 Å². The minimum absolute atomic E-state index is 0.0446. The fraction of sp³-hybridized carbons (Fsp3) is 0.600. The molecule has 0 amide bonds.